The van der Waals surface area contributed by atoms with Crippen LogP contribution < -0.4 is 16.0 Å². The van der Waals surface area contributed by atoms with E-state index in [1.165, 1.54) is 0 Å². The number of likely N-dealkylation sites (N-methyl/N-ethyl adjacent to an activating group) is 1. The molecule has 1 aromatic carbocycles. The van der Waals surface area contributed by atoms with Gasteiger partial charge in [0, 0.05) is 19.1 Å². The number of carbonyl (C=O) groups excluding carboxylic acids is 1. The lowest BCUT2D eigenvalue weighted by atomic mass is 10.1. The molecule has 2 unspecified atom stereocenters. The molecule has 1 saturated heterocycles. The summed E-state index contributed by atoms with van der Waals surface area (Å²) in [6.45, 7) is 2.64. The lowest BCUT2D eigenvalue weighted by Gasteiger charge is -2.28. The lowest BCUT2D eigenvalue weighted by molar-refractivity contribution is -0.122. The van der Waals surface area contributed by atoms with Gasteiger partial charge in [-0.1, -0.05) is 12.1 Å². The molecule has 0 aliphatic carbocycles. The second-order valence-electron chi connectivity index (χ2n) is 5.38. The molecule has 5 nitrogen and oxygen atoms in total. The molecule has 0 bridgehead atoms. The molecule has 0 radical (unpaired) electrons. The molecule has 2 heterocycles. The normalized spacial score (nSPS) is 26.2. The topological polar surface area (TPSA) is 56.4 Å². The summed E-state index contributed by atoms with van der Waals surface area (Å²) in [7, 11) is 2.09. The highest BCUT2D eigenvalue weighted by molar-refractivity contribution is 5.88. The van der Waals surface area contributed by atoms with Gasteiger partial charge in [-0.2, -0.15) is 0 Å². The van der Waals surface area contributed by atoms with Crippen molar-refractivity contribution in [2.45, 2.75) is 18.5 Å². The summed E-state index contributed by atoms with van der Waals surface area (Å²) in [5, 5.41) is 9.71. The zero-order chi connectivity index (χ0) is 13.2. The fourth-order valence-electron chi connectivity index (χ4n) is 2.73. The molecule has 0 saturated carbocycles. The summed E-state index contributed by atoms with van der Waals surface area (Å²) < 4.78 is 0. The number of hydrogen-bond acceptors (Lipinski definition) is 4. The first-order chi connectivity index (χ1) is 9.22. The average molecular weight is 260 g/mol. The third-order valence-corrected chi connectivity index (χ3v) is 3.81. The van der Waals surface area contributed by atoms with Crippen molar-refractivity contribution in [1.82, 2.24) is 10.2 Å². The first-order valence-electron chi connectivity index (χ1n) is 6.81. The van der Waals surface area contributed by atoms with Gasteiger partial charge in [-0.15, -0.1) is 0 Å². The minimum atomic E-state index is -0.194. The average Bonchev–Trinajstić information content (AvgIpc) is 2.83. The van der Waals surface area contributed by atoms with Crippen LogP contribution in [0.2, 0.25) is 0 Å². The quantitative estimate of drug-likeness (QED) is 0.733. The Kier molecular flexibility index (Phi) is 3.29. The predicted octanol–water partition coefficient (Wildman–Crippen LogP) is 0.713. The Labute approximate surface area is 113 Å². The van der Waals surface area contributed by atoms with Crippen molar-refractivity contribution in [3.8, 4) is 0 Å². The molecule has 3 rings (SSSR count). The highest BCUT2D eigenvalue weighted by atomic mass is 16.2. The van der Waals surface area contributed by atoms with Crippen molar-refractivity contribution in [2.75, 3.05) is 37.3 Å². The number of likely N-dealkylation sites (tertiary alicyclic amines) is 1. The van der Waals surface area contributed by atoms with Crippen LogP contribution in [-0.4, -0.2) is 49.6 Å². The van der Waals surface area contributed by atoms with Gasteiger partial charge in [0.25, 0.3) is 0 Å². The summed E-state index contributed by atoms with van der Waals surface area (Å²) in [5.74, 6) is 0.0855. The van der Waals surface area contributed by atoms with Crippen LogP contribution in [0.4, 0.5) is 11.4 Å². The monoisotopic (exact) mass is 260 g/mol. The van der Waals surface area contributed by atoms with E-state index in [-0.39, 0.29) is 18.0 Å². The van der Waals surface area contributed by atoms with E-state index in [0.717, 1.165) is 30.9 Å². The van der Waals surface area contributed by atoms with Crippen LogP contribution in [0.3, 0.4) is 0 Å². The highest BCUT2D eigenvalue weighted by Gasteiger charge is 2.27. The first-order valence-corrected chi connectivity index (χ1v) is 6.81. The number of rotatable bonds is 2. The Morgan fingerprint density at radius 2 is 2.16 bits per heavy atom. The van der Waals surface area contributed by atoms with Crippen molar-refractivity contribution in [3.05, 3.63) is 24.3 Å². The van der Waals surface area contributed by atoms with Crippen LogP contribution >= 0.6 is 0 Å². The molecule has 102 valence electrons. The van der Waals surface area contributed by atoms with Crippen molar-refractivity contribution in [3.63, 3.8) is 0 Å². The van der Waals surface area contributed by atoms with Gasteiger partial charge in [-0.05, 0) is 32.1 Å². The summed E-state index contributed by atoms with van der Waals surface area (Å²) in [5.41, 5.74) is 2.06. The molecule has 2 aliphatic rings. The van der Waals surface area contributed by atoms with E-state index in [0.29, 0.717) is 6.54 Å². The van der Waals surface area contributed by atoms with Crippen LogP contribution in [-0.2, 0) is 4.79 Å². The minimum absolute atomic E-state index is 0.0855. The van der Waals surface area contributed by atoms with Crippen molar-refractivity contribution < 1.29 is 4.79 Å². The smallest absolute Gasteiger partial charge is 0.244 e. The van der Waals surface area contributed by atoms with Gasteiger partial charge in [0.15, 0.2) is 0 Å². The Hall–Kier alpha value is -1.75. The van der Waals surface area contributed by atoms with Crippen LogP contribution in [0.1, 0.15) is 6.42 Å². The maximum absolute atomic E-state index is 12.2. The molecule has 3 N–H and O–H groups in total. The van der Waals surface area contributed by atoms with Crippen molar-refractivity contribution >= 4 is 17.3 Å². The van der Waals surface area contributed by atoms with Crippen LogP contribution in [0.15, 0.2) is 24.3 Å². The number of nitrogens with one attached hydrogen (secondary N) is 3. The van der Waals surface area contributed by atoms with Crippen LogP contribution in [0, 0.1) is 0 Å². The zero-order valence-corrected chi connectivity index (χ0v) is 11.1. The molecule has 5 heteroatoms. The Balaban J connectivity index is 1.60. The second-order valence-corrected chi connectivity index (χ2v) is 5.38. The second kappa shape index (κ2) is 5.09. The molecule has 1 amide bonds. The van der Waals surface area contributed by atoms with E-state index in [9.17, 15) is 4.79 Å². The van der Waals surface area contributed by atoms with Gasteiger partial charge in [-0.3, -0.25) is 4.79 Å². The molecule has 2 aliphatic heterocycles. The van der Waals surface area contributed by atoms with Crippen LogP contribution in [0.25, 0.3) is 0 Å². The predicted molar refractivity (Wildman–Crippen MR) is 76.4 cm³/mol. The largest absolute Gasteiger partial charge is 0.381 e. The number of amides is 1. The third-order valence-electron chi connectivity index (χ3n) is 3.81. The summed E-state index contributed by atoms with van der Waals surface area (Å²) >= 11 is 0. The number of benzene rings is 1. The SMILES string of the molecule is CN1CCC(NC(=O)C2CNc3ccccc3N2)C1. The fourth-order valence-corrected chi connectivity index (χ4v) is 2.73. The minimum Gasteiger partial charge on any atom is -0.381 e. The van der Waals surface area contributed by atoms with Gasteiger partial charge in [0.1, 0.15) is 6.04 Å². The maximum atomic E-state index is 12.2. The first kappa shape index (κ1) is 12.3. The van der Waals surface area contributed by atoms with E-state index in [1.807, 2.05) is 24.3 Å². The number of nitrogens with zero attached hydrogens (tertiary/aromatic N) is 1. The van der Waals surface area contributed by atoms with Crippen molar-refractivity contribution in [2.24, 2.45) is 0 Å². The van der Waals surface area contributed by atoms with Gasteiger partial charge >= 0.3 is 0 Å². The third kappa shape index (κ3) is 2.66. The van der Waals surface area contributed by atoms with Gasteiger partial charge in [0.2, 0.25) is 5.91 Å². The van der Waals surface area contributed by atoms with Gasteiger partial charge < -0.3 is 20.9 Å². The number of fused-ring (bicyclic) bond motifs is 1. The molecule has 1 fully saturated rings. The number of hydrogen-bond donors (Lipinski definition) is 3. The summed E-state index contributed by atoms with van der Waals surface area (Å²) in [6, 6.07) is 8.06. The molecule has 0 aromatic heterocycles. The Morgan fingerprint density at radius 3 is 2.89 bits per heavy atom. The number of anilines is 2. The number of para-hydroxylation sites is 2. The maximum Gasteiger partial charge on any atom is 0.244 e. The molecule has 2 atom stereocenters. The molecule has 1 aromatic rings. The Morgan fingerprint density at radius 1 is 1.37 bits per heavy atom. The fraction of sp³-hybridized carbons (Fsp3) is 0.500. The van der Waals surface area contributed by atoms with E-state index in [4.69, 9.17) is 0 Å². The summed E-state index contributed by atoms with van der Waals surface area (Å²) in [6.07, 6.45) is 1.04. The molecule has 0 spiro atoms. The van der Waals surface area contributed by atoms with E-state index in [2.05, 4.69) is 27.9 Å². The van der Waals surface area contributed by atoms with E-state index >= 15 is 0 Å². The van der Waals surface area contributed by atoms with Crippen LogP contribution in [0.5, 0.6) is 0 Å². The van der Waals surface area contributed by atoms with E-state index < -0.39 is 0 Å². The van der Waals surface area contributed by atoms with E-state index in [1.54, 1.807) is 0 Å². The van der Waals surface area contributed by atoms with Gasteiger partial charge in [0.05, 0.1) is 11.4 Å². The Bertz CT molecular complexity index is 476. The number of carbonyl (C=O) groups is 1. The highest BCUT2D eigenvalue weighted by Crippen LogP contribution is 2.25. The standard InChI is InChI=1S/C14H20N4O/c1-18-7-6-10(9-18)16-14(19)13-8-15-11-4-2-3-5-12(11)17-13/h2-5,10,13,15,17H,6-9H2,1H3,(H,16,19). The summed E-state index contributed by atoms with van der Waals surface area (Å²) in [4.78, 5) is 14.5. The molecular formula is C14H20N4O. The van der Waals surface area contributed by atoms with Gasteiger partial charge in [-0.25, -0.2) is 0 Å². The zero-order valence-electron chi connectivity index (χ0n) is 11.1. The molecule has 19 heavy (non-hydrogen) atoms. The lowest BCUT2D eigenvalue weighted by Crippen LogP contribution is -2.49. The van der Waals surface area contributed by atoms with Crippen molar-refractivity contribution in [1.29, 1.82) is 0 Å². The molecular weight excluding hydrogens is 240 g/mol.